The van der Waals surface area contributed by atoms with Crippen LogP contribution in [0.1, 0.15) is 34.2 Å². The summed E-state index contributed by atoms with van der Waals surface area (Å²) in [7, 11) is -4.02. The molecule has 0 radical (unpaired) electrons. The molecular formula is C23H24F4N6O4S. The second-order valence-electron chi connectivity index (χ2n) is 8.40. The number of nitrogens with one attached hydrogen (secondary N) is 1. The van der Waals surface area contributed by atoms with Crippen molar-refractivity contribution >= 4 is 33.6 Å². The van der Waals surface area contributed by atoms with Gasteiger partial charge in [-0.2, -0.15) is 26.7 Å². The summed E-state index contributed by atoms with van der Waals surface area (Å²) in [5.41, 5.74) is -2.80. The van der Waals surface area contributed by atoms with Gasteiger partial charge in [-0.1, -0.05) is 13.0 Å². The number of alkyl halides is 3. The van der Waals surface area contributed by atoms with Gasteiger partial charge in [0.1, 0.15) is 29.2 Å². The van der Waals surface area contributed by atoms with Crippen molar-refractivity contribution in [1.82, 2.24) is 19.0 Å². The van der Waals surface area contributed by atoms with Gasteiger partial charge in [0.2, 0.25) is 0 Å². The van der Waals surface area contributed by atoms with Gasteiger partial charge in [-0.25, -0.2) is 13.7 Å². The molecule has 204 valence electrons. The highest BCUT2D eigenvalue weighted by molar-refractivity contribution is 7.90. The molecule has 1 N–H and O–H groups in total. The molecule has 2 aromatic heterocycles. The molecule has 3 aromatic rings. The second kappa shape index (κ2) is 10.1. The van der Waals surface area contributed by atoms with Gasteiger partial charge in [-0.15, -0.1) is 0 Å². The average molecular weight is 557 g/mol. The highest BCUT2D eigenvalue weighted by Gasteiger charge is 2.50. The van der Waals surface area contributed by atoms with Crippen LogP contribution in [-0.2, 0) is 23.0 Å². The Morgan fingerprint density at radius 3 is 2.53 bits per heavy atom. The van der Waals surface area contributed by atoms with Crippen molar-refractivity contribution in [2.45, 2.75) is 32.3 Å². The Morgan fingerprint density at radius 1 is 1.21 bits per heavy atom. The smallest absolute Gasteiger partial charge is 0.496 e. The van der Waals surface area contributed by atoms with E-state index in [1.165, 1.54) is 12.1 Å². The SMILES string of the molecule is CCc1nc2cc(OC)c(C)cn2c1C(=O)NCc1ccc(N2CCN(S(=O)(=O)C(F)(F)F)C=N2)c(F)c1. The first-order chi connectivity index (χ1) is 17.9. The van der Waals surface area contributed by atoms with E-state index in [1.807, 2.05) is 13.8 Å². The van der Waals surface area contributed by atoms with E-state index >= 15 is 0 Å². The largest absolute Gasteiger partial charge is 0.516 e. The maximum atomic E-state index is 14.8. The van der Waals surface area contributed by atoms with Crippen molar-refractivity contribution in [3.8, 4) is 5.75 Å². The summed E-state index contributed by atoms with van der Waals surface area (Å²) in [5, 5.41) is 7.47. The molecule has 0 atom stereocenters. The number of fused-ring (bicyclic) bond motifs is 1. The number of carbonyl (C=O) groups excluding carboxylic acids is 1. The molecule has 1 aromatic carbocycles. The number of hydrogen-bond donors (Lipinski definition) is 1. The van der Waals surface area contributed by atoms with Gasteiger partial charge < -0.3 is 10.1 Å². The number of imidazole rings is 1. The van der Waals surface area contributed by atoms with Gasteiger partial charge in [-0.3, -0.25) is 14.2 Å². The van der Waals surface area contributed by atoms with E-state index in [9.17, 15) is 30.8 Å². The van der Waals surface area contributed by atoms with E-state index in [1.54, 1.807) is 23.8 Å². The van der Waals surface area contributed by atoms with Crippen molar-refractivity contribution in [2.24, 2.45) is 5.10 Å². The highest BCUT2D eigenvalue weighted by Crippen LogP contribution is 2.28. The summed E-state index contributed by atoms with van der Waals surface area (Å²) in [6.07, 6.45) is 2.76. The first-order valence-corrected chi connectivity index (χ1v) is 12.8. The van der Waals surface area contributed by atoms with Gasteiger partial charge in [0.05, 0.1) is 31.6 Å². The summed E-state index contributed by atoms with van der Waals surface area (Å²) in [6, 6.07) is 5.77. The van der Waals surface area contributed by atoms with Gasteiger partial charge in [0.25, 0.3) is 5.91 Å². The van der Waals surface area contributed by atoms with Crippen molar-refractivity contribution in [3.63, 3.8) is 0 Å². The number of hydrazone groups is 1. The fraction of sp³-hybridized carbons (Fsp3) is 0.348. The maximum absolute atomic E-state index is 14.8. The van der Waals surface area contributed by atoms with Crippen LogP contribution >= 0.6 is 0 Å². The second-order valence-corrected chi connectivity index (χ2v) is 10.3. The van der Waals surface area contributed by atoms with Crippen LogP contribution < -0.4 is 15.1 Å². The predicted octanol–water partition coefficient (Wildman–Crippen LogP) is 3.20. The first kappa shape index (κ1) is 27.2. The summed E-state index contributed by atoms with van der Waals surface area (Å²) in [6.45, 7) is 2.85. The summed E-state index contributed by atoms with van der Waals surface area (Å²) >= 11 is 0. The van der Waals surface area contributed by atoms with E-state index < -0.39 is 33.8 Å². The lowest BCUT2D eigenvalue weighted by Gasteiger charge is -2.29. The number of ether oxygens (including phenoxy) is 1. The molecule has 1 aliphatic heterocycles. The Labute approximate surface area is 215 Å². The molecule has 10 nitrogen and oxygen atoms in total. The summed E-state index contributed by atoms with van der Waals surface area (Å²) in [4.78, 5) is 17.6. The third-order valence-corrected chi connectivity index (χ3v) is 7.43. The van der Waals surface area contributed by atoms with Crippen LogP contribution in [0.2, 0.25) is 0 Å². The number of amides is 1. The molecule has 0 spiro atoms. The Morgan fingerprint density at radius 2 is 1.95 bits per heavy atom. The normalized spacial score (nSPS) is 14.3. The molecule has 4 rings (SSSR count). The van der Waals surface area contributed by atoms with Gasteiger partial charge in [0.15, 0.2) is 0 Å². The molecule has 1 aliphatic rings. The Bertz CT molecular complexity index is 1520. The van der Waals surface area contributed by atoms with Crippen LogP contribution in [0.3, 0.4) is 0 Å². The van der Waals surface area contributed by atoms with E-state index in [2.05, 4.69) is 15.4 Å². The monoisotopic (exact) mass is 556 g/mol. The quantitative estimate of drug-likeness (QED) is 0.448. The maximum Gasteiger partial charge on any atom is 0.516 e. The van der Waals surface area contributed by atoms with Crippen LogP contribution in [0.25, 0.3) is 5.65 Å². The minimum Gasteiger partial charge on any atom is -0.496 e. The summed E-state index contributed by atoms with van der Waals surface area (Å²) < 4.78 is 83.1. The fourth-order valence-corrected chi connectivity index (χ4v) is 4.74. The Hall–Kier alpha value is -3.88. The zero-order chi connectivity index (χ0) is 27.8. The lowest BCUT2D eigenvalue weighted by molar-refractivity contribution is -0.0471. The third kappa shape index (κ3) is 4.97. The van der Waals surface area contributed by atoms with E-state index in [4.69, 9.17) is 4.74 Å². The number of halogens is 4. The Balaban J connectivity index is 1.48. The van der Waals surface area contributed by atoms with Crippen molar-refractivity contribution < 1.29 is 35.5 Å². The number of aromatic nitrogens is 2. The predicted molar refractivity (Wildman–Crippen MR) is 131 cm³/mol. The molecule has 0 unspecified atom stereocenters. The van der Waals surface area contributed by atoms with Crippen LogP contribution in [-0.4, -0.2) is 60.1 Å². The molecule has 0 bridgehead atoms. The van der Waals surface area contributed by atoms with Crippen molar-refractivity contribution in [3.05, 3.63) is 58.8 Å². The van der Waals surface area contributed by atoms with E-state index in [0.29, 0.717) is 41.1 Å². The topological polar surface area (TPSA) is 109 Å². The Kier molecular flexibility index (Phi) is 7.23. The number of nitrogens with zero attached hydrogens (tertiary/aromatic N) is 5. The van der Waals surface area contributed by atoms with E-state index in [0.717, 1.165) is 16.6 Å². The number of anilines is 1. The van der Waals surface area contributed by atoms with Gasteiger partial charge in [-0.05, 0) is 31.0 Å². The lowest BCUT2D eigenvalue weighted by Crippen LogP contribution is -2.46. The number of hydrogen-bond acceptors (Lipinski definition) is 7. The number of carbonyl (C=O) groups is 1. The summed E-state index contributed by atoms with van der Waals surface area (Å²) in [5.74, 6) is -0.511. The van der Waals surface area contributed by atoms with Gasteiger partial charge in [0, 0.05) is 24.4 Å². The minimum atomic E-state index is -5.57. The van der Waals surface area contributed by atoms with Crippen LogP contribution in [0, 0.1) is 12.7 Å². The third-order valence-electron chi connectivity index (χ3n) is 5.95. The van der Waals surface area contributed by atoms with E-state index in [-0.39, 0.29) is 23.1 Å². The number of sulfonamides is 1. The molecule has 0 saturated carbocycles. The molecule has 0 fully saturated rings. The molecule has 15 heteroatoms. The molecular weight excluding hydrogens is 532 g/mol. The van der Waals surface area contributed by atoms with Crippen molar-refractivity contribution in [1.29, 1.82) is 0 Å². The molecule has 1 amide bonds. The fourth-order valence-electron chi connectivity index (χ4n) is 3.99. The zero-order valence-electron chi connectivity index (χ0n) is 20.6. The highest BCUT2D eigenvalue weighted by atomic mass is 32.2. The standard InChI is InChI=1S/C23H24F4N6O4S/c1-4-17-21(32-12-14(2)19(37-3)10-20(32)30-17)22(34)28-11-15-5-6-18(16(24)9-15)33-8-7-31(13-29-33)38(35,36)23(25,26)27/h5-6,9-10,12-13H,4,7-8,11H2,1-3H3,(H,28,34). The number of methoxy groups -OCH3 is 1. The number of aryl methyl sites for hydroxylation is 2. The van der Waals surface area contributed by atoms with Crippen LogP contribution in [0.4, 0.5) is 23.2 Å². The number of benzene rings is 1. The molecule has 3 heterocycles. The zero-order valence-corrected chi connectivity index (χ0v) is 21.4. The van der Waals surface area contributed by atoms with Crippen LogP contribution in [0.15, 0.2) is 35.6 Å². The van der Waals surface area contributed by atoms with Crippen molar-refractivity contribution in [2.75, 3.05) is 25.2 Å². The molecule has 0 saturated heterocycles. The van der Waals surface area contributed by atoms with Crippen LogP contribution in [0.5, 0.6) is 5.75 Å². The molecule has 38 heavy (non-hydrogen) atoms. The molecule has 0 aliphatic carbocycles. The average Bonchev–Trinajstić information content (AvgIpc) is 3.23. The number of pyridine rings is 1. The minimum absolute atomic E-state index is 0.0115. The first-order valence-electron chi connectivity index (χ1n) is 11.4. The number of rotatable bonds is 7. The van der Waals surface area contributed by atoms with Gasteiger partial charge >= 0.3 is 15.5 Å². The lowest BCUT2D eigenvalue weighted by atomic mass is 10.1.